The first-order chi connectivity index (χ1) is 8.90. The Bertz CT molecular complexity index is 437. The third-order valence-corrected chi connectivity index (χ3v) is 4.08. The molecule has 1 atom stereocenters. The number of hydrogen-bond acceptors (Lipinski definition) is 3. The van der Waals surface area contributed by atoms with Gasteiger partial charge in [-0.15, -0.1) is 11.3 Å². The highest BCUT2D eigenvalue weighted by molar-refractivity contribution is 7.12. The molecule has 0 fully saturated rings. The van der Waals surface area contributed by atoms with Gasteiger partial charge in [-0.2, -0.15) is 0 Å². The van der Waals surface area contributed by atoms with Crippen molar-refractivity contribution in [1.29, 1.82) is 0 Å². The molecule has 1 heterocycles. The second-order valence-corrected chi connectivity index (χ2v) is 5.93. The highest BCUT2D eigenvalue weighted by atomic mass is 32.1. The molecule has 1 aromatic heterocycles. The van der Waals surface area contributed by atoms with E-state index < -0.39 is 11.9 Å². The summed E-state index contributed by atoms with van der Waals surface area (Å²) in [6, 6.07) is 1.80. The molecular weight excluding hydrogens is 264 g/mol. The van der Waals surface area contributed by atoms with Gasteiger partial charge in [0.15, 0.2) is 0 Å². The van der Waals surface area contributed by atoms with Gasteiger partial charge in [-0.25, -0.2) is 4.79 Å². The van der Waals surface area contributed by atoms with Crippen LogP contribution in [0.4, 0.5) is 4.79 Å². The Morgan fingerprint density at radius 1 is 1.37 bits per heavy atom. The number of aryl methyl sites for hydroxylation is 2. The second kappa shape index (κ2) is 7.13. The van der Waals surface area contributed by atoms with Gasteiger partial charge in [-0.3, -0.25) is 4.79 Å². The molecule has 0 spiro atoms. The zero-order chi connectivity index (χ0) is 14.4. The number of thiophene rings is 1. The van der Waals surface area contributed by atoms with E-state index in [-0.39, 0.29) is 6.03 Å². The molecule has 0 aliphatic rings. The fourth-order valence-corrected chi connectivity index (χ4v) is 2.49. The highest BCUT2D eigenvalue weighted by Crippen LogP contribution is 2.20. The van der Waals surface area contributed by atoms with Gasteiger partial charge in [0.2, 0.25) is 0 Å². The van der Waals surface area contributed by atoms with E-state index in [4.69, 9.17) is 5.11 Å². The summed E-state index contributed by atoms with van der Waals surface area (Å²) in [6.07, 6.45) is 0.431. The van der Waals surface area contributed by atoms with E-state index in [1.165, 1.54) is 10.4 Å². The first-order valence-corrected chi connectivity index (χ1v) is 7.02. The molecule has 0 saturated heterocycles. The van der Waals surface area contributed by atoms with E-state index in [2.05, 4.69) is 23.6 Å². The molecule has 5 nitrogen and oxygen atoms in total. The number of nitrogens with one attached hydrogen (secondary N) is 2. The number of amides is 2. The smallest absolute Gasteiger partial charge is 0.315 e. The van der Waals surface area contributed by atoms with Crippen LogP contribution in [0.2, 0.25) is 0 Å². The molecule has 19 heavy (non-hydrogen) atoms. The number of aliphatic carboxylic acids is 1. The van der Waals surface area contributed by atoms with Crippen molar-refractivity contribution in [3.63, 3.8) is 0 Å². The molecule has 0 aliphatic heterocycles. The van der Waals surface area contributed by atoms with Crippen LogP contribution >= 0.6 is 11.3 Å². The van der Waals surface area contributed by atoms with E-state index in [0.29, 0.717) is 19.5 Å². The summed E-state index contributed by atoms with van der Waals surface area (Å²) in [6.45, 7) is 6.58. The first-order valence-electron chi connectivity index (χ1n) is 6.20. The lowest BCUT2D eigenvalue weighted by Crippen LogP contribution is -2.36. The molecule has 0 aromatic carbocycles. The van der Waals surface area contributed by atoms with Crippen LogP contribution in [0.3, 0.4) is 0 Å². The molecule has 0 bridgehead atoms. The van der Waals surface area contributed by atoms with Crippen LogP contribution in [0.1, 0.15) is 28.7 Å². The summed E-state index contributed by atoms with van der Waals surface area (Å²) in [4.78, 5) is 24.5. The van der Waals surface area contributed by atoms with E-state index >= 15 is 0 Å². The minimum Gasteiger partial charge on any atom is -0.481 e. The van der Waals surface area contributed by atoms with Crippen LogP contribution in [0.15, 0.2) is 6.07 Å². The first kappa shape index (κ1) is 15.5. The number of carboxylic acid groups (broad SMARTS) is 1. The molecule has 0 aliphatic carbocycles. The Morgan fingerprint density at radius 2 is 2.05 bits per heavy atom. The van der Waals surface area contributed by atoms with E-state index in [1.807, 2.05) is 6.92 Å². The topological polar surface area (TPSA) is 78.4 Å². The lowest BCUT2D eigenvalue weighted by Gasteiger charge is -2.08. The Morgan fingerprint density at radius 3 is 2.58 bits per heavy atom. The van der Waals surface area contributed by atoms with Gasteiger partial charge >= 0.3 is 12.0 Å². The molecule has 1 aromatic rings. The van der Waals surface area contributed by atoms with Gasteiger partial charge in [0.1, 0.15) is 0 Å². The van der Waals surface area contributed by atoms with Crippen molar-refractivity contribution in [1.82, 2.24) is 10.6 Å². The average Bonchev–Trinajstić information content (AvgIpc) is 2.66. The van der Waals surface area contributed by atoms with Gasteiger partial charge in [0, 0.05) is 16.3 Å². The van der Waals surface area contributed by atoms with Crippen LogP contribution in [-0.4, -0.2) is 23.7 Å². The fraction of sp³-hybridized carbons (Fsp3) is 0.538. The minimum atomic E-state index is -0.841. The lowest BCUT2D eigenvalue weighted by molar-refractivity contribution is -0.141. The van der Waals surface area contributed by atoms with Crippen molar-refractivity contribution < 1.29 is 14.7 Å². The predicted octanol–water partition coefficient (Wildman–Crippen LogP) is 2.27. The van der Waals surface area contributed by atoms with Crippen LogP contribution in [0, 0.1) is 19.8 Å². The molecule has 0 radical (unpaired) electrons. The standard InChI is InChI=1S/C13H20N2O3S/c1-8(12(16)17)4-5-14-13(18)15-7-11-6-9(2)10(3)19-11/h6,8H,4-5,7H2,1-3H3,(H,16,17)(H2,14,15,18). The normalized spacial score (nSPS) is 11.9. The Balaban J connectivity index is 2.23. The van der Waals surface area contributed by atoms with Crippen LogP contribution in [-0.2, 0) is 11.3 Å². The quantitative estimate of drug-likeness (QED) is 0.750. The summed E-state index contributed by atoms with van der Waals surface area (Å²) in [5.41, 5.74) is 1.23. The van der Waals surface area contributed by atoms with Crippen LogP contribution in [0.5, 0.6) is 0 Å². The summed E-state index contributed by atoms with van der Waals surface area (Å²) in [7, 11) is 0. The van der Waals surface area contributed by atoms with Crippen molar-refractivity contribution in [2.75, 3.05) is 6.54 Å². The minimum absolute atomic E-state index is 0.263. The van der Waals surface area contributed by atoms with Crippen molar-refractivity contribution in [2.24, 2.45) is 5.92 Å². The second-order valence-electron chi connectivity index (χ2n) is 4.59. The monoisotopic (exact) mass is 284 g/mol. The predicted molar refractivity (Wildman–Crippen MR) is 75.4 cm³/mol. The lowest BCUT2D eigenvalue weighted by atomic mass is 10.1. The zero-order valence-corrected chi connectivity index (χ0v) is 12.3. The molecule has 0 saturated carbocycles. The maximum Gasteiger partial charge on any atom is 0.315 e. The number of carbonyl (C=O) groups excluding carboxylic acids is 1. The van der Waals surface area contributed by atoms with E-state index in [1.54, 1.807) is 18.3 Å². The van der Waals surface area contributed by atoms with Gasteiger partial charge in [0.05, 0.1) is 12.5 Å². The van der Waals surface area contributed by atoms with Crippen molar-refractivity contribution in [2.45, 2.75) is 33.7 Å². The van der Waals surface area contributed by atoms with E-state index in [9.17, 15) is 9.59 Å². The largest absolute Gasteiger partial charge is 0.481 e. The van der Waals surface area contributed by atoms with Crippen LogP contribution in [0.25, 0.3) is 0 Å². The summed E-state index contributed by atoms with van der Waals surface area (Å²) in [5.74, 6) is -1.28. The number of rotatable bonds is 6. The summed E-state index contributed by atoms with van der Waals surface area (Å²) >= 11 is 1.67. The van der Waals surface area contributed by atoms with Crippen molar-refractivity contribution in [3.05, 3.63) is 21.4 Å². The zero-order valence-electron chi connectivity index (χ0n) is 11.4. The number of hydrogen-bond donors (Lipinski definition) is 3. The number of urea groups is 1. The number of carbonyl (C=O) groups is 2. The summed E-state index contributed by atoms with van der Waals surface area (Å²) < 4.78 is 0. The molecule has 1 rings (SSSR count). The third-order valence-electron chi connectivity index (χ3n) is 2.92. The fourth-order valence-electron chi connectivity index (χ4n) is 1.49. The maximum atomic E-state index is 11.5. The van der Waals surface area contributed by atoms with Crippen molar-refractivity contribution >= 4 is 23.3 Å². The maximum absolute atomic E-state index is 11.5. The molecule has 2 amide bonds. The summed E-state index contributed by atoms with van der Waals surface area (Å²) in [5, 5.41) is 14.1. The SMILES string of the molecule is Cc1cc(CNC(=O)NCCC(C)C(=O)O)sc1C. The Hall–Kier alpha value is -1.56. The van der Waals surface area contributed by atoms with E-state index in [0.717, 1.165) is 4.88 Å². The molecule has 106 valence electrons. The average molecular weight is 284 g/mol. The number of carboxylic acids is 1. The van der Waals surface area contributed by atoms with Gasteiger partial charge in [-0.1, -0.05) is 6.92 Å². The third kappa shape index (κ3) is 5.30. The van der Waals surface area contributed by atoms with Crippen LogP contribution < -0.4 is 10.6 Å². The Labute approximate surface area is 117 Å². The van der Waals surface area contributed by atoms with Gasteiger partial charge in [0.25, 0.3) is 0 Å². The molecular formula is C13H20N2O3S. The molecule has 1 unspecified atom stereocenters. The molecule has 6 heteroatoms. The van der Waals surface area contributed by atoms with Crippen molar-refractivity contribution in [3.8, 4) is 0 Å². The highest BCUT2D eigenvalue weighted by Gasteiger charge is 2.10. The molecule has 3 N–H and O–H groups in total. The van der Waals surface area contributed by atoms with Gasteiger partial charge in [-0.05, 0) is 31.9 Å². The Kier molecular flexibility index (Phi) is 5.82. The van der Waals surface area contributed by atoms with Gasteiger partial charge < -0.3 is 15.7 Å².